The maximum absolute atomic E-state index is 9.87. The number of anilines is 4. The van der Waals surface area contributed by atoms with Gasteiger partial charge in [0.15, 0.2) is 0 Å². The normalized spacial score (nSPS) is 13.2. The van der Waals surface area contributed by atoms with Crippen molar-refractivity contribution in [3.8, 4) is 29.1 Å². The third-order valence-corrected chi connectivity index (χ3v) is 13.7. The van der Waals surface area contributed by atoms with E-state index in [4.69, 9.17) is 9.72 Å². The molecule has 0 atom stereocenters. The van der Waals surface area contributed by atoms with Gasteiger partial charge in [0.1, 0.15) is 24.0 Å². The average Bonchev–Trinajstić information content (AvgIpc) is 3.98. The van der Waals surface area contributed by atoms with Gasteiger partial charge in [-0.15, -0.1) is 0 Å². The van der Waals surface area contributed by atoms with Crippen LogP contribution < -0.4 is 14.5 Å². The van der Waals surface area contributed by atoms with Crippen molar-refractivity contribution in [1.82, 2.24) is 14.1 Å². The van der Waals surface area contributed by atoms with E-state index in [1.807, 2.05) is 24.4 Å². The van der Waals surface area contributed by atoms with Crippen LogP contribution in [0.2, 0.25) is 0 Å². The molecule has 0 spiro atoms. The number of hydrogen-bond acceptors (Lipinski definition) is 5. The average molecular weight is 889 g/mol. The molecular weight excluding hydrogens is 833 g/mol. The number of para-hydroxylation sites is 3. The largest absolute Gasteiger partial charge is 0.457 e. The Kier molecular flexibility index (Phi) is 9.84. The zero-order valence-corrected chi connectivity index (χ0v) is 40.4. The van der Waals surface area contributed by atoms with E-state index in [0.717, 1.165) is 78.0 Å². The number of rotatable bonds is 6. The number of nitriles is 1. The molecule has 0 N–H and O–H groups in total. The highest BCUT2D eigenvalue weighted by molar-refractivity contribution is 6.16. The molecule has 1 aliphatic rings. The fraction of sp³-hybridized carbons (Fsp3) is 0.213. The summed E-state index contributed by atoms with van der Waals surface area (Å²) in [6.45, 7) is 21.2. The molecule has 7 aromatic carbocycles. The fourth-order valence-electron chi connectivity index (χ4n) is 9.97. The highest BCUT2D eigenvalue weighted by Gasteiger charge is 2.31. The predicted octanol–water partition coefficient (Wildman–Crippen LogP) is 16.1. The molecule has 0 fully saturated rings. The van der Waals surface area contributed by atoms with Crippen LogP contribution in [0.25, 0.3) is 55.1 Å². The van der Waals surface area contributed by atoms with Crippen molar-refractivity contribution in [2.45, 2.75) is 78.6 Å². The maximum atomic E-state index is 9.87. The van der Waals surface area contributed by atoms with Gasteiger partial charge in [-0.3, -0.25) is 4.57 Å². The van der Waals surface area contributed by atoms with Crippen molar-refractivity contribution in [2.75, 3.05) is 16.5 Å². The van der Waals surface area contributed by atoms with Crippen molar-refractivity contribution in [1.29, 1.82) is 5.26 Å². The molecule has 0 saturated carbocycles. The van der Waals surface area contributed by atoms with Crippen molar-refractivity contribution in [3.05, 3.63) is 186 Å². The van der Waals surface area contributed by atoms with E-state index in [1.165, 1.54) is 28.1 Å². The van der Waals surface area contributed by atoms with Gasteiger partial charge < -0.3 is 19.1 Å². The number of fused-ring (bicyclic) bond motifs is 7. The summed E-state index contributed by atoms with van der Waals surface area (Å²) < 4.78 is 11.5. The van der Waals surface area contributed by atoms with Crippen molar-refractivity contribution in [2.24, 2.45) is 0 Å². The number of nitrogens with zero attached hydrogens (tertiary/aromatic N) is 6. The first-order valence-electron chi connectivity index (χ1n) is 23.6. The Labute approximate surface area is 399 Å². The van der Waals surface area contributed by atoms with Crippen LogP contribution in [0.4, 0.5) is 22.7 Å². The Balaban J connectivity index is 1.03. The standard InChI is InChI=1S/C61H56N6O/c1-59(2,3)40-28-29-63-57(34-40)67-55-23-15-22-54(66-50-19-11-10-18-47(50)49-30-39(37-62)24-27-51(49)66)58(55)48-26-25-46(36-56(48)67)68-45-17-14-16-43(35-45)64-38-65(53-21-13-12-20-52(53)64)44-32-41(60(4,5)6)31-42(33-44)61(7,8)9/h10-36H,38H2,1-9H3. The summed E-state index contributed by atoms with van der Waals surface area (Å²) in [5.74, 6) is 2.32. The zero-order valence-electron chi connectivity index (χ0n) is 40.4. The molecule has 0 radical (unpaired) electrons. The summed E-state index contributed by atoms with van der Waals surface area (Å²) in [7, 11) is 0. The molecule has 0 aliphatic carbocycles. The third kappa shape index (κ3) is 7.23. The van der Waals surface area contributed by atoms with Crippen molar-refractivity contribution < 1.29 is 4.74 Å². The Morgan fingerprint density at radius 1 is 0.471 bits per heavy atom. The summed E-state index contributed by atoms with van der Waals surface area (Å²) in [6.07, 6.45) is 1.92. The predicted molar refractivity (Wildman–Crippen MR) is 282 cm³/mol. The third-order valence-electron chi connectivity index (χ3n) is 13.7. The van der Waals surface area contributed by atoms with E-state index in [1.54, 1.807) is 0 Å². The van der Waals surface area contributed by atoms with Crippen LogP contribution in [-0.4, -0.2) is 20.8 Å². The van der Waals surface area contributed by atoms with Crippen LogP contribution in [0.1, 0.15) is 84.6 Å². The quantitative estimate of drug-likeness (QED) is 0.166. The molecule has 336 valence electrons. The SMILES string of the molecule is CC(C)(C)c1cc(N2CN(c3cccc(Oc4ccc5c6c(-n7c8ccccc8c8cc(C#N)ccc87)cccc6n(-c6cc(C(C)(C)C)ccn6)c5c4)c3)c3ccccc32)cc(C(C)(C)C)c1. The van der Waals surface area contributed by atoms with E-state index in [0.29, 0.717) is 12.2 Å². The summed E-state index contributed by atoms with van der Waals surface area (Å²) in [6, 6.07) is 58.4. The molecular formula is C61H56N6O. The molecule has 11 rings (SSSR count). The summed E-state index contributed by atoms with van der Waals surface area (Å²) >= 11 is 0. The monoisotopic (exact) mass is 888 g/mol. The Morgan fingerprint density at radius 3 is 1.82 bits per heavy atom. The Hall–Kier alpha value is -7.82. The lowest BCUT2D eigenvalue weighted by atomic mass is 9.80. The molecule has 4 heterocycles. The van der Waals surface area contributed by atoms with Gasteiger partial charge in [0.05, 0.1) is 50.8 Å². The minimum absolute atomic E-state index is 0.00357. The first-order chi connectivity index (χ1) is 32.5. The van der Waals surface area contributed by atoms with Gasteiger partial charge in [0, 0.05) is 51.2 Å². The van der Waals surface area contributed by atoms with Crippen LogP contribution in [0.5, 0.6) is 11.5 Å². The Bertz CT molecular complexity index is 3640. The van der Waals surface area contributed by atoms with Gasteiger partial charge in [0.2, 0.25) is 0 Å². The second-order valence-corrected chi connectivity index (χ2v) is 21.4. The molecule has 0 bridgehead atoms. The van der Waals surface area contributed by atoms with Gasteiger partial charge in [-0.2, -0.15) is 5.26 Å². The molecule has 68 heavy (non-hydrogen) atoms. The molecule has 3 aromatic heterocycles. The minimum atomic E-state index is -0.0785. The molecule has 1 aliphatic heterocycles. The lowest BCUT2D eigenvalue weighted by Crippen LogP contribution is -2.25. The van der Waals surface area contributed by atoms with Crippen LogP contribution in [-0.2, 0) is 16.2 Å². The first kappa shape index (κ1) is 42.8. The number of aromatic nitrogens is 3. The molecule has 0 unspecified atom stereocenters. The van der Waals surface area contributed by atoms with E-state index in [2.05, 4.69) is 227 Å². The summed E-state index contributed by atoms with van der Waals surface area (Å²) in [5.41, 5.74) is 14.2. The van der Waals surface area contributed by atoms with Gasteiger partial charge in [-0.05, 0) is 130 Å². The molecule has 0 saturated heterocycles. The number of benzene rings is 7. The van der Waals surface area contributed by atoms with Crippen LogP contribution in [0, 0.1) is 11.3 Å². The van der Waals surface area contributed by atoms with E-state index < -0.39 is 0 Å². The molecule has 7 nitrogen and oxygen atoms in total. The molecule has 10 aromatic rings. The second kappa shape index (κ2) is 15.6. The molecule has 7 heteroatoms. The van der Waals surface area contributed by atoms with Gasteiger partial charge in [-0.25, -0.2) is 4.98 Å². The minimum Gasteiger partial charge on any atom is -0.457 e. The van der Waals surface area contributed by atoms with Crippen LogP contribution >= 0.6 is 0 Å². The van der Waals surface area contributed by atoms with Gasteiger partial charge in [0.25, 0.3) is 0 Å². The summed E-state index contributed by atoms with van der Waals surface area (Å²) in [5, 5.41) is 14.2. The Morgan fingerprint density at radius 2 is 1.10 bits per heavy atom. The first-order valence-corrected chi connectivity index (χ1v) is 23.6. The van der Waals surface area contributed by atoms with E-state index in [-0.39, 0.29) is 16.2 Å². The summed E-state index contributed by atoms with van der Waals surface area (Å²) in [4.78, 5) is 9.86. The molecule has 0 amide bonds. The number of pyridine rings is 1. The zero-order chi connectivity index (χ0) is 47.3. The highest BCUT2D eigenvalue weighted by Crippen LogP contribution is 2.47. The highest BCUT2D eigenvalue weighted by atomic mass is 16.5. The number of ether oxygens (including phenoxy) is 1. The van der Waals surface area contributed by atoms with Gasteiger partial charge >= 0.3 is 0 Å². The van der Waals surface area contributed by atoms with Crippen molar-refractivity contribution in [3.63, 3.8) is 0 Å². The topological polar surface area (TPSA) is 62.2 Å². The lowest BCUT2D eigenvalue weighted by molar-refractivity contribution is 0.483. The number of hydrogen-bond donors (Lipinski definition) is 0. The van der Waals surface area contributed by atoms with Gasteiger partial charge in [-0.1, -0.05) is 111 Å². The van der Waals surface area contributed by atoms with Crippen LogP contribution in [0.15, 0.2) is 164 Å². The fourth-order valence-corrected chi connectivity index (χ4v) is 9.97. The van der Waals surface area contributed by atoms with E-state index >= 15 is 0 Å². The van der Waals surface area contributed by atoms with Crippen LogP contribution in [0.3, 0.4) is 0 Å². The maximum Gasteiger partial charge on any atom is 0.137 e. The lowest BCUT2D eigenvalue weighted by Gasteiger charge is -2.29. The van der Waals surface area contributed by atoms with E-state index in [9.17, 15) is 5.26 Å². The second-order valence-electron chi connectivity index (χ2n) is 21.4. The van der Waals surface area contributed by atoms with Crippen molar-refractivity contribution >= 4 is 66.4 Å². The smallest absolute Gasteiger partial charge is 0.137 e.